The van der Waals surface area contributed by atoms with E-state index in [9.17, 15) is 19.2 Å². The second-order valence-corrected chi connectivity index (χ2v) is 12.0. The monoisotopic (exact) mass is 639 g/mol. The minimum Gasteiger partial charge on any atom is -0.495 e. The van der Waals surface area contributed by atoms with E-state index in [4.69, 9.17) is 25.8 Å². The smallest absolute Gasteiger partial charge is 0.347 e. The molecule has 5 atom stereocenters. The topological polar surface area (TPSA) is 133 Å². The fraction of sp³-hybridized carbons (Fsp3) is 0.441. The maximum Gasteiger partial charge on any atom is 0.347 e. The van der Waals surface area contributed by atoms with Gasteiger partial charge >= 0.3 is 11.9 Å². The quantitative estimate of drug-likeness (QED) is 0.397. The van der Waals surface area contributed by atoms with E-state index < -0.39 is 47.9 Å². The number of methoxy groups -OCH3 is 1. The van der Waals surface area contributed by atoms with E-state index in [1.54, 1.807) is 43.6 Å². The third-order valence-corrected chi connectivity index (χ3v) is 7.57. The Bertz CT molecular complexity index is 1380. The molecular formula is C34H42ClN3O7. The van der Waals surface area contributed by atoms with Gasteiger partial charge in [-0.2, -0.15) is 0 Å². The SMILES string of the molecule is COc1ccc(C[C@H]2NC(=O)/C=C\C[C@@H]([C@H](C)/C=C/c3ccncc3)OC(=O)[C@H](CC(C)C)OC(=O)[C@H](C)CNC2=O)cc1Cl. The van der Waals surface area contributed by atoms with Crippen LogP contribution in [-0.4, -0.2) is 60.6 Å². The largest absolute Gasteiger partial charge is 0.495 e. The number of esters is 2. The molecule has 0 saturated heterocycles. The van der Waals surface area contributed by atoms with E-state index in [-0.39, 0.29) is 37.6 Å². The van der Waals surface area contributed by atoms with E-state index >= 15 is 0 Å². The minimum atomic E-state index is -1.12. The lowest BCUT2D eigenvalue weighted by Gasteiger charge is -2.26. The molecule has 0 aliphatic carbocycles. The zero-order valence-corrected chi connectivity index (χ0v) is 27.1. The Morgan fingerprint density at radius 2 is 1.80 bits per heavy atom. The number of carbonyl (C=O) groups is 4. The van der Waals surface area contributed by atoms with Crippen LogP contribution in [0.2, 0.25) is 5.02 Å². The van der Waals surface area contributed by atoms with Crippen LogP contribution in [0.4, 0.5) is 0 Å². The van der Waals surface area contributed by atoms with Crippen LogP contribution < -0.4 is 15.4 Å². The maximum absolute atomic E-state index is 13.4. The van der Waals surface area contributed by atoms with E-state index in [0.717, 1.165) is 5.56 Å². The third-order valence-electron chi connectivity index (χ3n) is 7.27. The van der Waals surface area contributed by atoms with Gasteiger partial charge < -0.3 is 24.8 Å². The molecule has 1 aromatic carbocycles. The Morgan fingerprint density at radius 1 is 1.07 bits per heavy atom. The molecule has 10 nitrogen and oxygen atoms in total. The molecule has 2 N–H and O–H groups in total. The molecule has 2 heterocycles. The second kappa shape index (κ2) is 17.3. The van der Waals surface area contributed by atoms with Gasteiger partial charge in [0, 0.05) is 37.7 Å². The molecule has 0 radical (unpaired) electrons. The number of pyridine rings is 1. The average Bonchev–Trinajstić information content (AvgIpc) is 3.01. The summed E-state index contributed by atoms with van der Waals surface area (Å²) in [6, 6.07) is 7.85. The van der Waals surface area contributed by atoms with Gasteiger partial charge in [-0.05, 0) is 53.8 Å². The lowest BCUT2D eigenvalue weighted by atomic mass is 9.99. The number of carbonyl (C=O) groups excluding carboxylic acids is 4. The van der Waals surface area contributed by atoms with Crippen molar-refractivity contribution < 1.29 is 33.4 Å². The minimum absolute atomic E-state index is 0.0363. The first-order chi connectivity index (χ1) is 21.5. The highest BCUT2D eigenvalue weighted by molar-refractivity contribution is 6.32. The number of amides is 2. The number of hydrogen-bond donors (Lipinski definition) is 2. The van der Waals surface area contributed by atoms with Crippen LogP contribution in [0.5, 0.6) is 5.75 Å². The van der Waals surface area contributed by atoms with E-state index in [1.807, 2.05) is 45.1 Å². The Kier molecular flexibility index (Phi) is 13.6. The standard InChI is InChI=1S/C34H42ClN3O7/c1-21(2)17-30-34(42)44-28(22(3)9-10-24-13-15-36-16-14-24)7-6-8-31(39)38-27(32(40)37-20-23(4)33(41)45-30)19-25-11-12-29(43-5)26(35)18-25/h6,8-16,18,21-23,27-28,30H,7,17,19-20H2,1-5H3,(H,37,40)(H,38,39)/b8-6-,10-9+/t22-,23-,27-,28+,30+/m1/s1. The number of rotatable bonds is 8. The highest BCUT2D eigenvalue weighted by Crippen LogP contribution is 2.26. The number of cyclic esters (lactones) is 2. The molecule has 242 valence electrons. The van der Waals surface area contributed by atoms with Crippen LogP contribution in [0.25, 0.3) is 6.08 Å². The van der Waals surface area contributed by atoms with Gasteiger partial charge in [0.1, 0.15) is 17.9 Å². The van der Waals surface area contributed by atoms with Gasteiger partial charge in [-0.1, -0.05) is 63.6 Å². The normalized spacial score (nSPS) is 23.5. The molecule has 1 aliphatic heterocycles. The van der Waals surface area contributed by atoms with Gasteiger partial charge in [0.25, 0.3) is 0 Å². The zero-order valence-electron chi connectivity index (χ0n) is 26.3. The summed E-state index contributed by atoms with van der Waals surface area (Å²) in [6.07, 6.45) is 8.90. The van der Waals surface area contributed by atoms with E-state index in [2.05, 4.69) is 15.6 Å². The first-order valence-electron chi connectivity index (χ1n) is 15.0. The molecule has 0 spiro atoms. The molecule has 0 unspecified atom stereocenters. The predicted molar refractivity (Wildman–Crippen MR) is 171 cm³/mol. The number of nitrogens with one attached hydrogen (secondary N) is 2. The Labute approximate surface area is 269 Å². The van der Waals surface area contributed by atoms with Crippen molar-refractivity contribution in [2.75, 3.05) is 13.7 Å². The van der Waals surface area contributed by atoms with Crippen molar-refractivity contribution in [1.29, 1.82) is 0 Å². The molecule has 11 heteroatoms. The fourth-order valence-corrected chi connectivity index (χ4v) is 4.88. The number of ether oxygens (including phenoxy) is 3. The lowest BCUT2D eigenvalue weighted by Crippen LogP contribution is -2.49. The maximum atomic E-state index is 13.4. The van der Waals surface area contributed by atoms with Crippen LogP contribution in [0.3, 0.4) is 0 Å². The summed E-state index contributed by atoms with van der Waals surface area (Å²) in [5, 5.41) is 5.84. The summed E-state index contributed by atoms with van der Waals surface area (Å²) < 4.78 is 16.8. The second-order valence-electron chi connectivity index (χ2n) is 11.5. The Balaban J connectivity index is 1.89. The Hall–Kier alpha value is -4.18. The van der Waals surface area contributed by atoms with Crippen LogP contribution in [0.15, 0.2) is 61.0 Å². The van der Waals surface area contributed by atoms with Gasteiger partial charge in [0.05, 0.1) is 18.1 Å². The molecule has 2 aromatic rings. The predicted octanol–water partition coefficient (Wildman–Crippen LogP) is 4.70. The number of nitrogens with zero attached hydrogens (tertiary/aromatic N) is 1. The van der Waals surface area contributed by atoms with Gasteiger partial charge in [-0.25, -0.2) is 4.79 Å². The van der Waals surface area contributed by atoms with Crippen molar-refractivity contribution in [3.05, 3.63) is 77.1 Å². The van der Waals surface area contributed by atoms with Crippen molar-refractivity contribution in [3.63, 3.8) is 0 Å². The van der Waals surface area contributed by atoms with Gasteiger partial charge in [-0.15, -0.1) is 0 Å². The van der Waals surface area contributed by atoms with Crippen LogP contribution in [0.1, 0.15) is 51.7 Å². The first-order valence-corrected chi connectivity index (χ1v) is 15.4. The van der Waals surface area contributed by atoms with Crippen LogP contribution in [0, 0.1) is 17.8 Å². The van der Waals surface area contributed by atoms with Gasteiger partial charge in [-0.3, -0.25) is 19.4 Å². The zero-order chi connectivity index (χ0) is 32.9. The number of aromatic nitrogens is 1. The summed E-state index contributed by atoms with van der Waals surface area (Å²) >= 11 is 6.29. The van der Waals surface area contributed by atoms with Crippen molar-refractivity contribution in [1.82, 2.24) is 15.6 Å². The number of hydrogen-bond acceptors (Lipinski definition) is 8. The highest BCUT2D eigenvalue weighted by Gasteiger charge is 2.31. The van der Waals surface area contributed by atoms with Crippen LogP contribution >= 0.6 is 11.6 Å². The van der Waals surface area contributed by atoms with Gasteiger partial charge in [0.2, 0.25) is 11.8 Å². The summed E-state index contributed by atoms with van der Waals surface area (Å²) in [5.74, 6) is -2.80. The van der Waals surface area contributed by atoms with E-state index in [1.165, 1.54) is 13.2 Å². The highest BCUT2D eigenvalue weighted by atomic mass is 35.5. The summed E-state index contributed by atoms with van der Waals surface area (Å²) in [5.41, 5.74) is 1.62. The molecule has 0 fully saturated rings. The third kappa shape index (κ3) is 11.4. The molecule has 45 heavy (non-hydrogen) atoms. The Morgan fingerprint density at radius 3 is 2.47 bits per heavy atom. The average molecular weight is 640 g/mol. The van der Waals surface area contributed by atoms with Crippen molar-refractivity contribution >= 4 is 41.4 Å². The first kappa shape index (κ1) is 35.3. The summed E-state index contributed by atoms with van der Waals surface area (Å²) in [7, 11) is 1.50. The molecule has 2 amide bonds. The fourth-order valence-electron chi connectivity index (χ4n) is 4.60. The molecule has 0 saturated carbocycles. The lowest BCUT2D eigenvalue weighted by molar-refractivity contribution is -0.175. The van der Waals surface area contributed by atoms with Crippen LogP contribution in [-0.2, 0) is 35.1 Å². The molecular weight excluding hydrogens is 598 g/mol. The number of benzene rings is 1. The van der Waals surface area contributed by atoms with E-state index in [0.29, 0.717) is 16.3 Å². The molecule has 1 aliphatic rings. The van der Waals surface area contributed by atoms with Crippen molar-refractivity contribution in [2.24, 2.45) is 17.8 Å². The van der Waals surface area contributed by atoms with Crippen molar-refractivity contribution in [2.45, 2.75) is 65.2 Å². The summed E-state index contributed by atoms with van der Waals surface area (Å²) in [6.45, 7) is 7.26. The molecule has 0 bridgehead atoms. The molecule has 3 rings (SSSR count). The summed E-state index contributed by atoms with van der Waals surface area (Å²) in [4.78, 5) is 56.7. The number of halogens is 1. The molecule has 1 aromatic heterocycles. The van der Waals surface area contributed by atoms with Crippen molar-refractivity contribution in [3.8, 4) is 5.75 Å². The van der Waals surface area contributed by atoms with Gasteiger partial charge in [0.15, 0.2) is 6.10 Å².